The number of ether oxygens (including phenoxy) is 2. The average molecular weight is 334 g/mol. The summed E-state index contributed by atoms with van der Waals surface area (Å²) in [6, 6.07) is 14.1. The summed E-state index contributed by atoms with van der Waals surface area (Å²) in [5, 5.41) is 4.27. The Morgan fingerprint density at radius 1 is 1.04 bits per heavy atom. The normalized spacial score (nSPS) is 12.3. The van der Waals surface area contributed by atoms with Crippen LogP contribution in [0, 0.1) is 0 Å². The highest BCUT2D eigenvalue weighted by Gasteiger charge is 2.10. The topological polar surface area (TPSA) is 30.5 Å². The monoisotopic (exact) mass is 333 g/mol. The third kappa shape index (κ3) is 4.88. The highest BCUT2D eigenvalue weighted by molar-refractivity contribution is 6.31. The molecule has 1 unspecified atom stereocenters. The zero-order valence-electron chi connectivity index (χ0n) is 14.1. The SMILES string of the molecule is COc1cc(CNC(C)c2ccccc2Cl)ccc1OC(C)C. The first-order chi connectivity index (χ1) is 11.0. The first-order valence-corrected chi connectivity index (χ1v) is 8.20. The number of halogens is 1. The molecular weight excluding hydrogens is 310 g/mol. The highest BCUT2D eigenvalue weighted by atomic mass is 35.5. The van der Waals surface area contributed by atoms with Crippen LogP contribution in [-0.4, -0.2) is 13.2 Å². The molecule has 2 aromatic rings. The fourth-order valence-corrected chi connectivity index (χ4v) is 2.68. The first-order valence-electron chi connectivity index (χ1n) is 7.82. The molecule has 0 radical (unpaired) electrons. The van der Waals surface area contributed by atoms with Crippen molar-refractivity contribution in [3.05, 3.63) is 58.6 Å². The van der Waals surface area contributed by atoms with Crippen molar-refractivity contribution in [2.75, 3.05) is 7.11 Å². The van der Waals surface area contributed by atoms with Gasteiger partial charge in [0.05, 0.1) is 13.2 Å². The Balaban J connectivity index is 2.04. The zero-order valence-corrected chi connectivity index (χ0v) is 14.9. The van der Waals surface area contributed by atoms with Gasteiger partial charge in [0.25, 0.3) is 0 Å². The van der Waals surface area contributed by atoms with Gasteiger partial charge in [-0.2, -0.15) is 0 Å². The van der Waals surface area contributed by atoms with Gasteiger partial charge in [-0.15, -0.1) is 0 Å². The Hall–Kier alpha value is -1.71. The summed E-state index contributed by atoms with van der Waals surface area (Å²) in [6.07, 6.45) is 0.119. The largest absolute Gasteiger partial charge is 0.493 e. The van der Waals surface area contributed by atoms with Crippen molar-refractivity contribution in [2.24, 2.45) is 0 Å². The van der Waals surface area contributed by atoms with Crippen LogP contribution in [-0.2, 0) is 6.54 Å². The molecule has 23 heavy (non-hydrogen) atoms. The molecule has 0 aliphatic rings. The fourth-order valence-electron chi connectivity index (χ4n) is 2.38. The molecule has 0 amide bonds. The minimum atomic E-state index is 0.119. The van der Waals surface area contributed by atoms with E-state index in [1.54, 1.807) is 7.11 Å². The molecule has 0 heterocycles. The molecule has 4 heteroatoms. The number of benzene rings is 2. The summed E-state index contributed by atoms with van der Waals surface area (Å²) >= 11 is 6.24. The van der Waals surface area contributed by atoms with Crippen molar-refractivity contribution in [3.63, 3.8) is 0 Å². The van der Waals surface area contributed by atoms with E-state index in [-0.39, 0.29) is 12.1 Å². The molecular formula is C19H24ClNO2. The lowest BCUT2D eigenvalue weighted by Gasteiger charge is -2.17. The molecule has 0 saturated carbocycles. The van der Waals surface area contributed by atoms with Crippen molar-refractivity contribution in [1.82, 2.24) is 5.32 Å². The Morgan fingerprint density at radius 3 is 2.43 bits per heavy atom. The average Bonchev–Trinajstić information content (AvgIpc) is 2.53. The minimum absolute atomic E-state index is 0.119. The molecule has 0 fully saturated rings. The van der Waals surface area contributed by atoms with Crippen LogP contribution in [0.4, 0.5) is 0 Å². The lowest BCUT2D eigenvalue weighted by molar-refractivity contribution is 0.230. The third-order valence-corrected chi connectivity index (χ3v) is 3.92. The van der Waals surface area contributed by atoms with Crippen LogP contribution in [0.15, 0.2) is 42.5 Å². The van der Waals surface area contributed by atoms with E-state index in [0.717, 1.165) is 34.2 Å². The predicted molar refractivity (Wildman–Crippen MR) is 95.5 cm³/mol. The standard InChI is InChI=1S/C19H24ClNO2/c1-13(2)23-18-10-9-15(11-19(18)22-4)12-21-14(3)16-7-5-6-8-17(16)20/h5-11,13-14,21H,12H2,1-4H3. The maximum atomic E-state index is 6.24. The molecule has 3 nitrogen and oxygen atoms in total. The van der Waals surface area contributed by atoms with Crippen molar-refractivity contribution in [3.8, 4) is 11.5 Å². The molecule has 1 atom stereocenters. The van der Waals surface area contributed by atoms with E-state index < -0.39 is 0 Å². The summed E-state index contributed by atoms with van der Waals surface area (Å²) in [4.78, 5) is 0. The van der Waals surface area contributed by atoms with Crippen molar-refractivity contribution in [1.29, 1.82) is 0 Å². The highest BCUT2D eigenvalue weighted by Crippen LogP contribution is 2.29. The van der Waals surface area contributed by atoms with Gasteiger partial charge in [-0.3, -0.25) is 0 Å². The molecule has 0 aliphatic heterocycles. The lowest BCUT2D eigenvalue weighted by Crippen LogP contribution is -2.18. The van der Waals surface area contributed by atoms with Gasteiger partial charge < -0.3 is 14.8 Å². The number of rotatable bonds is 7. The molecule has 0 spiro atoms. The van der Waals surface area contributed by atoms with Crippen molar-refractivity contribution >= 4 is 11.6 Å². The molecule has 2 aromatic carbocycles. The van der Waals surface area contributed by atoms with Gasteiger partial charge in [-0.1, -0.05) is 35.9 Å². The molecule has 0 aromatic heterocycles. The van der Waals surface area contributed by atoms with Crippen LogP contribution in [0.1, 0.15) is 37.9 Å². The molecule has 124 valence electrons. The van der Waals surface area contributed by atoms with Gasteiger partial charge in [-0.25, -0.2) is 0 Å². The van der Waals surface area contributed by atoms with Gasteiger partial charge >= 0.3 is 0 Å². The quantitative estimate of drug-likeness (QED) is 0.774. The van der Waals surface area contributed by atoms with Crippen molar-refractivity contribution in [2.45, 2.75) is 39.5 Å². The van der Waals surface area contributed by atoms with E-state index in [1.807, 2.05) is 56.3 Å². The van der Waals surface area contributed by atoms with E-state index in [4.69, 9.17) is 21.1 Å². The van der Waals surface area contributed by atoms with Crippen LogP contribution in [0.5, 0.6) is 11.5 Å². The number of nitrogens with one attached hydrogen (secondary N) is 1. The van der Waals surface area contributed by atoms with Gasteiger partial charge in [0, 0.05) is 17.6 Å². The lowest BCUT2D eigenvalue weighted by atomic mass is 10.1. The van der Waals surface area contributed by atoms with Crippen LogP contribution >= 0.6 is 11.6 Å². The van der Waals surface area contributed by atoms with E-state index >= 15 is 0 Å². The minimum Gasteiger partial charge on any atom is -0.493 e. The maximum Gasteiger partial charge on any atom is 0.161 e. The smallest absolute Gasteiger partial charge is 0.161 e. The number of hydrogen-bond donors (Lipinski definition) is 1. The van der Waals surface area contributed by atoms with Gasteiger partial charge in [0.1, 0.15) is 0 Å². The summed E-state index contributed by atoms with van der Waals surface area (Å²) in [7, 11) is 1.66. The van der Waals surface area contributed by atoms with Gasteiger partial charge in [-0.05, 0) is 50.1 Å². The van der Waals surface area contributed by atoms with Crippen LogP contribution in [0.25, 0.3) is 0 Å². The third-order valence-electron chi connectivity index (χ3n) is 3.57. The molecule has 1 N–H and O–H groups in total. The molecule has 0 aliphatic carbocycles. The van der Waals surface area contributed by atoms with Gasteiger partial charge in [0.2, 0.25) is 0 Å². The molecule has 0 bridgehead atoms. The maximum absolute atomic E-state index is 6.24. The summed E-state index contributed by atoms with van der Waals surface area (Å²) in [5.74, 6) is 1.52. The molecule has 2 rings (SSSR count). The number of hydrogen-bond acceptors (Lipinski definition) is 3. The van der Waals surface area contributed by atoms with Crippen LogP contribution in [0.2, 0.25) is 5.02 Å². The van der Waals surface area contributed by atoms with Crippen LogP contribution in [0.3, 0.4) is 0 Å². The Bertz CT molecular complexity index is 643. The Kier molecular flexibility index (Phi) is 6.31. The Labute approximate surface area is 143 Å². The summed E-state index contributed by atoms with van der Waals surface area (Å²) < 4.78 is 11.2. The predicted octanol–water partition coefficient (Wildman–Crippen LogP) is 4.99. The van der Waals surface area contributed by atoms with Gasteiger partial charge in [0.15, 0.2) is 11.5 Å². The van der Waals surface area contributed by atoms with Crippen molar-refractivity contribution < 1.29 is 9.47 Å². The second-order valence-electron chi connectivity index (χ2n) is 5.78. The van der Waals surface area contributed by atoms with E-state index in [9.17, 15) is 0 Å². The second-order valence-corrected chi connectivity index (χ2v) is 6.18. The van der Waals surface area contributed by atoms with E-state index in [2.05, 4.69) is 12.2 Å². The molecule has 0 saturated heterocycles. The summed E-state index contributed by atoms with van der Waals surface area (Å²) in [6.45, 7) is 6.83. The van der Waals surface area contributed by atoms with E-state index in [0.29, 0.717) is 0 Å². The first kappa shape index (κ1) is 17.6. The number of methoxy groups -OCH3 is 1. The fraction of sp³-hybridized carbons (Fsp3) is 0.368. The van der Waals surface area contributed by atoms with E-state index in [1.165, 1.54) is 0 Å². The Morgan fingerprint density at radius 2 is 1.78 bits per heavy atom. The zero-order chi connectivity index (χ0) is 16.8. The summed E-state index contributed by atoms with van der Waals surface area (Å²) in [5.41, 5.74) is 2.23. The van der Waals surface area contributed by atoms with Crippen LogP contribution < -0.4 is 14.8 Å². The second kappa shape index (κ2) is 8.23.